The van der Waals surface area contributed by atoms with Crippen LogP contribution in [0.2, 0.25) is 0 Å². The monoisotopic (exact) mass is 200 g/mol. The van der Waals surface area contributed by atoms with Gasteiger partial charge in [0.15, 0.2) is 0 Å². The molecule has 0 aromatic rings. The van der Waals surface area contributed by atoms with E-state index >= 15 is 0 Å². The van der Waals surface area contributed by atoms with Gasteiger partial charge in [-0.15, -0.1) is 0 Å². The number of hydrogen-bond donors (Lipinski definition) is 2. The number of rotatable bonds is 9. The van der Waals surface area contributed by atoms with Gasteiger partial charge < -0.3 is 11.1 Å². The Balaban J connectivity index is 3.23. The van der Waals surface area contributed by atoms with Crippen LogP contribution in [0.15, 0.2) is 0 Å². The van der Waals surface area contributed by atoms with E-state index in [0.29, 0.717) is 12.2 Å². The Kier molecular flexibility index (Phi) is 8.89. The van der Waals surface area contributed by atoms with Gasteiger partial charge in [0, 0.05) is 12.3 Å². The lowest BCUT2D eigenvalue weighted by atomic mass is 9.99. The lowest BCUT2D eigenvalue weighted by Crippen LogP contribution is -2.20. The van der Waals surface area contributed by atoms with Crippen LogP contribution in [0, 0.1) is 5.92 Å². The Hall–Kier alpha value is -0.410. The molecule has 0 saturated heterocycles. The number of ketones is 1. The van der Waals surface area contributed by atoms with Gasteiger partial charge in [-0.25, -0.2) is 0 Å². The summed E-state index contributed by atoms with van der Waals surface area (Å²) in [6.07, 6.45) is 3.78. The van der Waals surface area contributed by atoms with Crippen LogP contribution >= 0.6 is 0 Å². The van der Waals surface area contributed by atoms with Crippen LogP contribution in [0.4, 0.5) is 0 Å². The van der Waals surface area contributed by atoms with Crippen LogP contribution < -0.4 is 11.1 Å². The average Bonchev–Trinajstić information content (AvgIpc) is 2.21. The van der Waals surface area contributed by atoms with Crippen LogP contribution in [-0.4, -0.2) is 25.4 Å². The molecule has 84 valence electrons. The Morgan fingerprint density at radius 1 is 1.36 bits per heavy atom. The summed E-state index contributed by atoms with van der Waals surface area (Å²) >= 11 is 0. The summed E-state index contributed by atoms with van der Waals surface area (Å²) in [4.78, 5) is 11.2. The second kappa shape index (κ2) is 9.16. The van der Waals surface area contributed by atoms with Crippen LogP contribution in [0.1, 0.15) is 39.5 Å². The van der Waals surface area contributed by atoms with Gasteiger partial charge in [0.1, 0.15) is 5.78 Å². The molecule has 0 bridgehead atoms. The molecule has 0 aliphatic rings. The van der Waals surface area contributed by atoms with E-state index in [1.807, 2.05) is 13.8 Å². The minimum absolute atomic E-state index is 0.233. The van der Waals surface area contributed by atoms with Crippen molar-refractivity contribution in [2.24, 2.45) is 11.7 Å². The SMILES string of the molecule is CCC(=O)C(C)CCCNCCCN. The molecule has 3 N–H and O–H groups in total. The largest absolute Gasteiger partial charge is 0.330 e. The highest BCUT2D eigenvalue weighted by Gasteiger charge is 2.09. The normalized spacial score (nSPS) is 12.8. The molecular formula is C11H24N2O. The molecule has 14 heavy (non-hydrogen) atoms. The van der Waals surface area contributed by atoms with Crippen molar-refractivity contribution in [3.63, 3.8) is 0 Å². The number of carbonyl (C=O) groups excluding carboxylic acids is 1. The smallest absolute Gasteiger partial charge is 0.135 e. The Morgan fingerprint density at radius 3 is 2.57 bits per heavy atom. The lowest BCUT2D eigenvalue weighted by molar-refractivity contribution is -0.122. The minimum Gasteiger partial charge on any atom is -0.330 e. The summed E-state index contributed by atoms with van der Waals surface area (Å²) in [5.74, 6) is 0.614. The first-order valence-corrected chi connectivity index (χ1v) is 5.65. The molecule has 3 nitrogen and oxygen atoms in total. The second-order valence-electron chi connectivity index (χ2n) is 3.76. The molecule has 1 unspecified atom stereocenters. The van der Waals surface area contributed by atoms with E-state index in [1.54, 1.807) is 0 Å². The summed E-state index contributed by atoms with van der Waals surface area (Å²) in [6.45, 7) is 6.69. The van der Waals surface area contributed by atoms with Gasteiger partial charge in [0.05, 0.1) is 0 Å². The predicted molar refractivity (Wildman–Crippen MR) is 60.2 cm³/mol. The fourth-order valence-electron chi connectivity index (χ4n) is 1.39. The average molecular weight is 200 g/mol. The molecule has 0 aliphatic heterocycles. The molecule has 0 aliphatic carbocycles. The fraction of sp³-hybridized carbons (Fsp3) is 0.909. The third kappa shape index (κ3) is 7.04. The Bertz CT molecular complexity index is 148. The first kappa shape index (κ1) is 13.6. The van der Waals surface area contributed by atoms with Crippen molar-refractivity contribution in [2.45, 2.75) is 39.5 Å². The van der Waals surface area contributed by atoms with Gasteiger partial charge in [0.2, 0.25) is 0 Å². The van der Waals surface area contributed by atoms with Crippen molar-refractivity contribution in [2.75, 3.05) is 19.6 Å². The van der Waals surface area contributed by atoms with Crippen molar-refractivity contribution in [1.29, 1.82) is 0 Å². The molecule has 0 heterocycles. The molecule has 0 rings (SSSR count). The summed E-state index contributed by atoms with van der Waals surface area (Å²) in [5, 5.41) is 3.31. The standard InChI is InChI=1S/C11H24N2O/c1-3-11(14)10(2)6-4-8-13-9-5-7-12/h10,13H,3-9,12H2,1-2H3. The second-order valence-corrected chi connectivity index (χ2v) is 3.76. The minimum atomic E-state index is 0.233. The van der Waals surface area contributed by atoms with Crippen LogP contribution in [0.25, 0.3) is 0 Å². The van der Waals surface area contributed by atoms with E-state index in [9.17, 15) is 4.79 Å². The van der Waals surface area contributed by atoms with Crippen molar-refractivity contribution in [1.82, 2.24) is 5.32 Å². The van der Waals surface area contributed by atoms with Gasteiger partial charge in [-0.05, 0) is 38.9 Å². The van der Waals surface area contributed by atoms with E-state index in [1.165, 1.54) is 0 Å². The summed E-state index contributed by atoms with van der Waals surface area (Å²) in [6, 6.07) is 0. The first-order chi connectivity index (χ1) is 6.72. The van der Waals surface area contributed by atoms with E-state index in [0.717, 1.165) is 38.9 Å². The molecule has 0 amide bonds. The van der Waals surface area contributed by atoms with Gasteiger partial charge in [-0.1, -0.05) is 13.8 Å². The van der Waals surface area contributed by atoms with E-state index in [4.69, 9.17) is 5.73 Å². The molecule has 3 heteroatoms. The quantitative estimate of drug-likeness (QED) is 0.552. The van der Waals surface area contributed by atoms with Crippen LogP contribution in [-0.2, 0) is 4.79 Å². The van der Waals surface area contributed by atoms with Crippen LogP contribution in [0.5, 0.6) is 0 Å². The van der Waals surface area contributed by atoms with Crippen molar-refractivity contribution >= 4 is 5.78 Å². The number of hydrogen-bond acceptors (Lipinski definition) is 3. The molecule has 0 aromatic carbocycles. The highest BCUT2D eigenvalue weighted by molar-refractivity contribution is 5.80. The molecular weight excluding hydrogens is 176 g/mol. The maximum absolute atomic E-state index is 11.2. The fourth-order valence-corrected chi connectivity index (χ4v) is 1.39. The maximum Gasteiger partial charge on any atom is 0.135 e. The van der Waals surface area contributed by atoms with E-state index in [2.05, 4.69) is 5.32 Å². The van der Waals surface area contributed by atoms with E-state index < -0.39 is 0 Å². The molecule has 0 radical (unpaired) electrons. The summed E-state index contributed by atoms with van der Waals surface area (Å²) < 4.78 is 0. The van der Waals surface area contributed by atoms with E-state index in [-0.39, 0.29) is 5.92 Å². The number of Topliss-reactive ketones (excluding diaryl/α,β-unsaturated/α-hetero) is 1. The number of carbonyl (C=O) groups is 1. The third-order valence-corrected chi connectivity index (χ3v) is 2.45. The van der Waals surface area contributed by atoms with Gasteiger partial charge in [-0.3, -0.25) is 4.79 Å². The number of nitrogens with two attached hydrogens (primary N) is 1. The highest BCUT2D eigenvalue weighted by atomic mass is 16.1. The van der Waals surface area contributed by atoms with Gasteiger partial charge >= 0.3 is 0 Å². The first-order valence-electron chi connectivity index (χ1n) is 5.65. The zero-order chi connectivity index (χ0) is 10.8. The number of nitrogens with one attached hydrogen (secondary N) is 1. The molecule has 0 fully saturated rings. The molecule has 0 spiro atoms. The Morgan fingerprint density at radius 2 is 2.00 bits per heavy atom. The maximum atomic E-state index is 11.2. The Labute approximate surface area is 87.4 Å². The molecule has 0 aromatic heterocycles. The van der Waals surface area contributed by atoms with Gasteiger partial charge in [-0.2, -0.15) is 0 Å². The highest BCUT2D eigenvalue weighted by Crippen LogP contribution is 2.07. The predicted octanol–water partition coefficient (Wildman–Crippen LogP) is 1.32. The topological polar surface area (TPSA) is 55.1 Å². The lowest BCUT2D eigenvalue weighted by Gasteiger charge is -2.09. The summed E-state index contributed by atoms with van der Waals surface area (Å²) in [5.41, 5.74) is 5.36. The van der Waals surface area contributed by atoms with Crippen molar-refractivity contribution in [3.05, 3.63) is 0 Å². The third-order valence-electron chi connectivity index (χ3n) is 2.45. The zero-order valence-corrected chi connectivity index (χ0v) is 9.51. The van der Waals surface area contributed by atoms with Crippen molar-refractivity contribution < 1.29 is 4.79 Å². The summed E-state index contributed by atoms with van der Waals surface area (Å²) in [7, 11) is 0. The zero-order valence-electron chi connectivity index (χ0n) is 9.51. The van der Waals surface area contributed by atoms with Crippen LogP contribution in [0.3, 0.4) is 0 Å². The van der Waals surface area contributed by atoms with Gasteiger partial charge in [0.25, 0.3) is 0 Å². The van der Waals surface area contributed by atoms with Crippen molar-refractivity contribution in [3.8, 4) is 0 Å². The molecule has 0 saturated carbocycles. The molecule has 1 atom stereocenters.